The van der Waals surface area contributed by atoms with Crippen LogP contribution in [0.1, 0.15) is 142 Å². The first-order chi connectivity index (χ1) is 29.1. The highest BCUT2D eigenvalue weighted by Crippen LogP contribution is 2.43. The van der Waals surface area contributed by atoms with Crippen molar-refractivity contribution < 1.29 is 47.5 Å². The summed E-state index contributed by atoms with van der Waals surface area (Å²) >= 11 is 0. The van der Waals surface area contributed by atoms with Gasteiger partial charge >= 0.3 is 25.7 Å². The molecule has 0 aromatic rings. The third kappa shape index (κ3) is 40.9. The summed E-state index contributed by atoms with van der Waals surface area (Å²) in [6, 6.07) is -1.54. The minimum atomic E-state index is -4.75. The number of carboxylic acid groups (broad SMARTS) is 1. The van der Waals surface area contributed by atoms with E-state index in [1.165, 1.54) is 19.3 Å². The van der Waals surface area contributed by atoms with Gasteiger partial charge in [0, 0.05) is 12.8 Å². The number of allylic oxidation sites excluding steroid dienone is 18. The lowest BCUT2D eigenvalue weighted by Crippen LogP contribution is -2.34. The predicted octanol–water partition coefficient (Wildman–Crippen LogP) is 11.8. The monoisotopic (exact) mass is 858 g/mol. The molecule has 0 aliphatic carbocycles. The van der Waals surface area contributed by atoms with Gasteiger partial charge in [-0.25, -0.2) is 4.57 Å². The molecule has 60 heavy (non-hydrogen) atoms. The van der Waals surface area contributed by atoms with Crippen molar-refractivity contribution in [3.8, 4) is 0 Å². The number of phosphoric acid groups is 1. The summed E-state index contributed by atoms with van der Waals surface area (Å²) in [7, 11) is -4.75. The molecular formula is C48H76NO10P. The van der Waals surface area contributed by atoms with E-state index in [0.29, 0.717) is 19.3 Å². The Bertz CT molecular complexity index is 1430. The second-order valence-electron chi connectivity index (χ2n) is 14.1. The van der Waals surface area contributed by atoms with Crippen LogP contribution in [0.2, 0.25) is 0 Å². The van der Waals surface area contributed by atoms with Crippen molar-refractivity contribution in [2.75, 3.05) is 19.8 Å². The second kappa shape index (κ2) is 41.9. The van der Waals surface area contributed by atoms with Crippen LogP contribution < -0.4 is 5.73 Å². The highest BCUT2D eigenvalue weighted by atomic mass is 31.2. The standard InChI is InChI=1S/C48H76NO10P/c1-3-5-7-9-11-13-15-17-19-21-22-24-26-28-30-32-34-36-38-40-47(51)59-44(42-57-60(54,55)58-43-45(49)48(52)53)41-56-46(50)39-37-35-33-31-29-27-25-23-20-18-16-14-12-10-8-6-4-2/h6,8,11-14,17-20,22,24-25,27-28,30,34,36,44-45H,3-5,7,9-10,15-16,21,23,26,29,31-33,35,37-43,49H2,1-2H3,(H,52,53)(H,54,55)/b8-6-,13-11-,14-12-,19-17-,20-18-,24-22-,27-25-,30-28-,36-34-/t44-,45+/m1/s1. The maximum absolute atomic E-state index is 12.6. The van der Waals surface area contributed by atoms with Gasteiger partial charge in [0.2, 0.25) is 0 Å². The fourth-order valence-corrected chi connectivity index (χ4v) is 5.87. The molecule has 4 N–H and O–H groups in total. The number of hydrogen-bond acceptors (Lipinski definition) is 9. The molecule has 0 amide bonds. The van der Waals surface area contributed by atoms with Gasteiger partial charge in [0.05, 0.1) is 13.2 Å². The van der Waals surface area contributed by atoms with Crippen LogP contribution in [0.15, 0.2) is 109 Å². The summed E-state index contributed by atoms with van der Waals surface area (Å²) in [5.74, 6) is -2.53. The zero-order chi connectivity index (χ0) is 44.2. The van der Waals surface area contributed by atoms with E-state index in [9.17, 15) is 23.8 Å². The largest absolute Gasteiger partial charge is 0.480 e. The molecule has 0 aliphatic heterocycles. The van der Waals surface area contributed by atoms with E-state index in [1.807, 2.05) is 18.2 Å². The van der Waals surface area contributed by atoms with Gasteiger partial charge in [-0.05, 0) is 89.9 Å². The quantitative estimate of drug-likeness (QED) is 0.0232. The highest BCUT2D eigenvalue weighted by Gasteiger charge is 2.28. The van der Waals surface area contributed by atoms with E-state index < -0.39 is 57.7 Å². The molecule has 0 aromatic heterocycles. The number of carbonyl (C=O) groups excluding carboxylic acids is 2. The zero-order valence-electron chi connectivity index (χ0n) is 36.5. The Morgan fingerprint density at radius 3 is 1.45 bits per heavy atom. The fourth-order valence-electron chi connectivity index (χ4n) is 5.10. The maximum atomic E-state index is 12.6. The first-order valence-electron chi connectivity index (χ1n) is 21.9. The molecule has 11 nitrogen and oxygen atoms in total. The summed E-state index contributed by atoms with van der Waals surface area (Å²) < 4.78 is 32.6. The van der Waals surface area contributed by atoms with Gasteiger partial charge in [0.15, 0.2) is 6.10 Å². The second-order valence-corrected chi connectivity index (χ2v) is 15.5. The molecular weight excluding hydrogens is 781 g/mol. The molecule has 0 spiro atoms. The zero-order valence-corrected chi connectivity index (χ0v) is 37.4. The van der Waals surface area contributed by atoms with E-state index in [1.54, 1.807) is 0 Å². The summed E-state index contributed by atoms with van der Waals surface area (Å²) in [6.45, 7) is 2.54. The molecule has 0 radical (unpaired) electrons. The number of aliphatic carboxylic acids is 1. The first kappa shape index (κ1) is 56.1. The molecule has 0 rings (SSSR count). The lowest BCUT2D eigenvalue weighted by molar-refractivity contribution is -0.161. The highest BCUT2D eigenvalue weighted by molar-refractivity contribution is 7.47. The normalized spacial score (nSPS) is 14.7. The van der Waals surface area contributed by atoms with Crippen LogP contribution in [0.5, 0.6) is 0 Å². The molecule has 0 heterocycles. The van der Waals surface area contributed by atoms with E-state index in [2.05, 4.69) is 110 Å². The molecule has 0 saturated heterocycles. The van der Waals surface area contributed by atoms with Crippen molar-refractivity contribution in [2.45, 2.75) is 154 Å². The maximum Gasteiger partial charge on any atom is 0.472 e. The Balaban J connectivity index is 4.56. The predicted molar refractivity (Wildman–Crippen MR) is 244 cm³/mol. The van der Waals surface area contributed by atoms with Crippen LogP contribution in [0.25, 0.3) is 0 Å². The molecule has 0 saturated carbocycles. The number of phosphoric ester groups is 1. The third-order valence-electron chi connectivity index (χ3n) is 8.52. The lowest BCUT2D eigenvalue weighted by atomic mass is 10.1. The first-order valence-corrected chi connectivity index (χ1v) is 23.4. The average Bonchev–Trinajstić information content (AvgIpc) is 3.22. The van der Waals surface area contributed by atoms with Gasteiger partial charge in [-0.2, -0.15) is 0 Å². The van der Waals surface area contributed by atoms with Crippen LogP contribution in [0.4, 0.5) is 0 Å². The van der Waals surface area contributed by atoms with Crippen LogP contribution in [0, 0.1) is 0 Å². The lowest BCUT2D eigenvalue weighted by Gasteiger charge is -2.20. The molecule has 0 aromatic carbocycles. The van der Waals surface area contributed by atoms with Gasteiger partial charge in [0.1, 0.15) is 12.6 Å². The molecule has 1 unspecified atom stereocenters. The smallest absolute Gasteiger partial charge is 0.472 e. The Morgan fingerprint density at radius 1 is 0.533 bits per heavy atom. The van der Waals surface area contributed by atoms with Gasteiger partial charge in [-0.3, -0.25) is 23.4 Å². The summed E-state index contributed by atoms with van der Waals surface area (Å²) in [5.41, 5.74) is 5.33. The van der Waals surface area contributed by atoms with Gasteiger partial charge in [-0.1, -0.05) is 149 Å². The minimum absolute atomic E-state index is 0.0250. The molecule has 338 valence electrons. The number of unbranched alkanes of at least 4 members (excludes halogenated alkanes) is 7. The summed E-state index contributed by atoms with van der Waals surface area (Å²) in [4.78, 5) is 45.9. The average molecular weight is 858 g/mol. The number of ether oxygens (including phenoxy) is 2. The number of rotatable bonds is 39. The van der Waals surface area contributed by atoms with Crippen LogP contribution >= 0.6 is 7.82 Å². The molecule has 3 atom stereocenters. The minimum Gasteiger partial charge on any atom is -0.480 e. The number of carbonyl (C=O) groups is 3. The van der Waals surface area contributed by atoms with E-state index >= 15 is 0 Å². The molecule has 12 heteroatoms. The van der Waals surface area contributed by atoms with Crippen LogP contribution in [0.3, 0.4) is 0 Å². The van der Waals surface area contributed by atoms with Crippen molar-refractivity contribution in [3.05, 3.63) is 109 Å². The topological polar surface area (TPSA) is 172 Å². The molecule has 0 bridgehead atoms. The van der Waals surface area contributed by atoms with E-state index in [4.69, 9.17) is 24.8 Å². The van der Waals surface area contributed by atoms with Crippen molar-refractivity contribution in [2.24, 2.45) is 5.73 Å². The Hall–Kier alpha value is -3.86. The van der Waals surface area contributed by atoms with Gasteiger partial charge in [0.25, 0.3) is 0 Å². The van der Waals surface area contributed by atoms with Crippen molar-refractivity contribution in [3.63, 3.8) is 0 Å². The number of esters is 2. The van der Waals surface area contributed by atoms with Crippen molar-refractivity contribution in [1.82, 2.24) is 0 Å². The molecule has 0 fully saturated rings. The van der Waals surface area contributed by atoms with Crippen LogP contribution in [-0.4, -0.2) is 59.9 Å². The number of hydrogen-bond donors (Lipinski definition) is 3. The molecule has 0 aliphatic rings. The fraction of sp³-hybridized carbons (Fsp3) is 0.562. The summed E-state index contributed by atoms with van der Waals surface area (Å²) in [6.07, 6.45) is 54.5. The Labute approximate surface area is 361 Å². The van der Waals surface area contributed by atoms with Crippen LogP contribution in [-0.2, 0) is 37.5 Å². The van der Waals surface area contributed by atoms with Crippen molar-refractivity contribution in [1.29, 1.82) is 0 Å². The SMILES string of the molecule is CC/C=C\C/C=C\C/C=C\C/C=C\CCCCCCC(=O)OC[C@H](COP(=O)(O)OC[C@H](N)C(=O)O)OC(=O)CC/C=C\C/C=C\C/C=C\C/C=C\C/C=C\CCCCC. The summed E-state index contributed by atoms with van der Waals surface area (Å²) in [5, 5.41) is 8.89. The number of carboxylic acids is 1. The third-order valence-corrected chi connectivity index (χ3v) is 9.47. The Morgan fingerprint density at radius 2 is 0.967 bits per heavy atom. The van der Waals surface area contributed by atoms with Crippen molar-refractivity contribution >= 4 is 25.7 Å². The van der Waals surface area contributed by atoms with Gasteiger partial charge < -0.3 is 25.2 Å². The van der Waals surface area contributed by atoms with Gasteiger partial charge in [-0.15, -0.1) is 0 Å². The Kier molecular flexibility index (Phi) is 39.2. The van der Waals surface area contributed by atoms with E-state index in [-0.39, 0.29) is 12.8 Å². The number of nitrogens with two attached hydrogens (primary N) is 1. The van der Waals surface area contributed by atoms with E-state index in [0.717, 1.165) is 77.0 Å².